The van der Waals surface area contributed by atoms with Crippen LogP contribution in [0.2, 0.25) is 5.15 Å². The molecule has 0 aliphatic carbocycles. The van der Waals surface area contributed by atoms with Crippen molar-refractivity contribution in [1.29, 1.82) is 0 Å². The number of aryl methyl sites for hydroxylation is 1. The molecule has 1 atom stereocenters. The number of carbonyl (C=O) groups excluding carboxylic acids is 2. The summed E-state index contributed by atoms with van der Waals surface area (Å²) in [7, 11) is 0. The van der Waals surface area contributed by atoms with Crippen LogP contribution in [-0.4, -0.2) is 45.8 Å². The zero-order valence-corrected chi connectivity index (χ0v) is 17.2. The van der Waals surface area contributed by atoms with Crippen LogP contribution < -0.4 is 11.1 Å². The van der Waals surface area contributed by atoms with Gasteiger partial charge in [-0.3, -0.25) is 9.59 Å². The molecule has 1 aromatic rings. The second-order valence-electron chi connectivity index (χ2n) is 7.27. The zero-order valence-electron chi connectivity index (χ0n) is 16.4. The number of amides is 2. The number of hydrogen-bond acceptors (Lipinski definition) is 5. The first-order chi connectivity index (χ1) is 12.8. The van der Waals surface area contributed by atoms with E-state index < -0.39 is 6.04 Å². The summed E-state index contributed by atoms with van der Waals surface area (Å²) in [4.78, 5) is 34.4. The Morgan fingerprint density at radius 2 is 2.00 bits per heavy atom. The third-order valence-corrected chi connectivity index (χ3v) is 5.37. The standard InChI is InChI=1S/C19H30ClN5O2/c1-4-5-16(26)22-12(2)19(27)25-10-8-14(9-11-25)6-7-15-17(20)23-13(3)24-18(15)21/h12,14H,4-11H2,1-3H3,(H,22,26)(H2,21,23,24). The van der Waals surface area contributed by atoms with Gasteiger partial charge in [0.1, 0.15) is 22.8 Å². The predicted octanol–water partition coefficient (Wildman–Crippen LogP) is 2.50. The van der Waals surface area contributed by atoms with Gasteiger partial charge in [-0.1, -0.05) is 18.5 Å². The van der Waals surface area contributed by atoms with Crippen molar-refractivity contribution < 1.29 is 9.59 Å². The number of piperidine rings is 1. The summed E-state index contributed by atoms with van der Waals surface area (Å²) in [6.07, 6.45) is 4.79. The molecule has 27 heavy (non-hydrogen) atoms. The number of halogens is 1. The smallest absolute Gasteiger partial charge is 0.244 e. The van der Waals surface area contributed by atoms with Gasteiger partial charge in [0.15, 0.2) is 0 Å². The van der Waals surface area contributed by atoms with Crippen LogP contribution in [0, 0.1) is 12.8 Å². The first-order valence-electron chi connectivity index (χ1n) is 9.68. The highest BCUT2D eigenvalue weighted by atomic mass is 35.5. The molecule has 1 saturated heterocycles. The maximum absolute atomic E-state index is 12.5. The minimum Gasteiger partial charge on any atom is -0.383 e. The molecule has 1 aromatic heterocycles. The van der Waals surface area contributed by atoms with E-state index in [1.54, 1.807) is 13.8 Å². The molecule has 0 bridgehead atoms. The van der Waals surface area contributed by atoms with Gasteiger partial charge in [0.25, 0.3) is 0 Å². The fraction of sp³-hybridized carbons (Fsp3) is 0.684. The fourth-order valence-electron chi connectivity index (χ4n) is 3.48. The number of carbonyl (C=O) groups is 2. The molecule has 2 heterocycles. The number of nitrogens with zero attached hydrogens (tertiary/aromatic N) is 3. The van der Waals surface area contributed by atoms with Gasteiger partial charge < -0.3 is 16.0 Å². The predicted molar refractivity (Wildman–Crippen MR) is 106 cm³/mol. The number of likely N-dealkylation sites (tertiary alicyclic amines) is 1. The molecule has 2 amide bonds. The molecule has 1 aliphatic rings. The Kier molecular flexibility index (Phi) is 7.83. The second kappa shape index (κ2) is 9.88. The van der Waals surface area contributed by atoms with Crippen molar-refractivity contribution >= 4 is 29.2 Å². The number of nitrogens with two attached hydrogens (primary N) is 1. The van der Waals surface area contributed by atoms with Gasteiger partial charge in [-0.05, 0) is 51.9 Å². The third kappa shape index (κ3) is 6.06. The molecule has 2 rings (SSSR count). The van der Waals surface area contributed by atoms with E-state index in [1.807, 2.05) is 11.8 Å². The van der Waals surface area contributed by atoms with Crippen molar-refractivity contribution in [2.45, 2.75) is 65.3 Å². The number of nitrogen functional groups attached to an aromatic ring is 1. The van der Waals surface area contributed by atoms with Gasteiger partial charge in [-0.25, -0.2) is 9.97 Å². The Morgan fingerprint density at radius 3 is 2.59 bits per heavy atom. The van der Waals surface area contributed by atoms with Crippen LogP contribution in [0.15, 0.2) is 0 Å². The largest absolute Gasteiger partial charge is 0.383 e. The minimum absolute atomic E-state index is 0.00266. The van der Waals surface area contributed by atoms with E-state index in [0.29, 0.717) is 42.2 Å². The minimum atomic E-state index is -0.469. The topological polar surface area (TPSA) is 101 Å². The third-order valence-electron chi connectivity index (χ3n) is 5.05. The van der Waals surface area contributed by atoms with Crippen LogP contribution in [0.3, 0.4) is 0 Å². The van der Waals surface area contributed by atoms with Crippen molar-refractivity contribution in [2.24, 2.45) is 5.92 Å². The Morgan fingerprint density at radius 1 is 1.33 bits per heavy atom. The summed E-state index contributed by atoms with van der Waals surface area (Å²) in [5.74, 6) is 1.47. The molecular formula is C19H30ClN5O2. The number of aromatic nitrogens is 2. The number of nitrogens with one attached hydrogen (secondary N) is 1. The van der Waals surface area contributed by atoms with Crippen LogP contribution in [-0.2, 0) is 16.0 Å². The Labute approximate surface area is 166 Å². The molecule has 0 saturated carbocycles. The maximum Gasteiger partial charge on any atom is 0.244 e. The van der Waals surface area contributed by atoms with E-state index in [1.165, 1.54) is 0 Å². The summed E-state index contributed by atoms with van der Waals surface area (Å²) in [6.45, 7) is 6.89. The van der Waals surface area contributed by atoms with E-state index in [4.69, 9.17) is 17.3 Å². The molecule has 1 aliphatic heterocycles. The second-order valence-corrected chi connectivity index (χ2v) is 7.63. The van der Waals surface area contributed by atoms with Crippen LogP contribution in [0.4, 0.5) is 5.82 Å². The van der Waals surface area contributed by atoms with Crippen LogP contribution >= 0.6 is 11.6 Å². The first-order valence-corrected chi connectivity index (χ1v) is 10.1. The van der Waals surface area contributed by atoms with E-state index in [2.05, 4.69) is 15.3 Å². The van der Waals surface area contributed by atoms with Gasteiger partial charge in [-0.2, -0.15) is 0 Å². The van der Waals surface area contributed by atoms with Gasteiger partial charge in [0.05, 0.1) is 0 Å². The lowest BCUT2D eigenvalue weighted by atomic mass is 9.90. The molecular weight excluding hydrogens is 366 g/mol. The average molecular weight is 396 g/mol. The molecule has 1 unspecified atom stereocenters. The van der Waals surface area contributed by atoms with E-state index in [-0.39, 0.29) is 11.8 Å². The lowest BCUT2D eigenvalue weighted by Crippen LogP contribution is -2.49. The number of rotatable bonds is 7. The van der Waals surface area contributed by atoms with E-state index in [9.17, 15) is 9.59 Å². The maximum atomic E-state index is 12.5. The van der Waals surface area contributed by atoms with Crippen molar-refractivity contribution in [3.8, 4) is 0 Å². The molecule has 8 heteroatoms. The summed E-state index contributed by atoms with van der Waals surface area (Å²) in [5.41, 5.74) is 6.78. The summed E-state index contributed by atoms with van der Waals surface area (Å²) in [6, 6.07) is -0.469. The van der Waals surface area contributed by atoms with Crippen molar-refractivity contribution in [1.82, 2.24) is 20.2 Å². The Bertz CT molecular complexity index is 651. The molecule has 150 valence electrons. The Balaban J connectivity index is 1.80. The lowest BCUT2D eigenvalue weighted by Gasteiger charge is -2.33. The quantitative estimate of drug-likeness (QED) is 0.690. The SMILES string of the molecule is CCCC(=O)NC(C)C(=O)N1CCC(CCc2c(N)nc(C)nc2Cl)CC1. The molecule has 0 aromatic carbocycles. The molecule has 7 nitrogen and oxygen atoms in total. The average Bonchev–Trinajstić information content (AvgIpc) is 2.60. The molecule has 0 spiro atoms. The molecule has 0 radical (unpaired) electrons. The van der Waals surface area contributed by atoms with E-state index >= 15 is 0 Å². The first kappa shape index (κ1) is 21.4. The van der Waals surface area contributed by atoms with Gasteiger partial charge >= 0.3 is 0 Å². The van der Waals surface area contributed by atoms with Gasteiger partial charge in [0.2, 0.25) is 11.8 Å². The van der Waals surface area contributed by atoms with Crippen LogP contribution in [0.5, 0.6) is 0 Å². The van der Waals surface area contributed by atoms with Crippen LogP contribution in [0.1, 0.15) is 57.3 Å². The highest BCUT2D eigenvalue weighted by Gasteiger charge is 2.27. The highest BCUT2D eigenvalue weighted by molar-refractivity contribution is 6.30. The lowest BCUT2D eigenvalue weighted by molar-refractivity contribution is -0.137. The summed E-state index contributed by atoms with van der Waals surface area (Å²) < 4.78 is 0. The normalized spacial score (nSPS) is 16.2. The van der Waals surface area contributed by atoms with Crippen molar-refractivity contribution in [3.05, 3.63) is 16.5 Å². The summed E-state index contributed by atoms with van der Waals surface area (Å²) >= 11 is 6.20. The summed E-state index contributed by atoms with van der Waals surface area (Å²) in [5, 5.41) is 3.21. The van der Waals surface area contributed by atoms with Gasteiger partial charge in [0, 0.05) is 25.1 Å². The molecule has 1 fully saturated rings. The number of anilines is 1. The number of hydrogen-bond donors (Lipinski definition) is 2. The van der Waals surface area contributed by atoms with E-state index in [0.717, 1.165) is 37.7 Å². The monoisotopic (exact) mass is 395 g/mol. The highest BCUT2D eigenvalue weighted by Crippen LogP contribution is 2.26. The molecule has 3 N–H and O–H groups in total. The van der Waals surface area contributed by atoms with Gasteiger partial charge in [-0.15, -0.1) is 0 Å². The van der Waals surface area contributed by atoms with Crippen LogP contribution in [0.25, 0.3) is 0 Å². The zero-order chi connectivity index (χ0) is 20.0. The van der Waals surface area contributed by atoms with Crippen molar-refractivity contribution in [2.75, 3.05) is 18.8 Å². The fourth-order valence-corrected chi connectivity index (χ4v) is 3.79. The Hall–Kier alpha value is -1.89. The van der Waals surface area contributed by atoms with Crippen molar-refractivity contribution in [3.63, 3.8) is 0 Å².